The smallest absolute Gasteiger partial charge is 0.257 e. The number of carbonyl (C=O) groups excluding carboxylic acids is 1. The summed E-state index contributed by atoms with van der Waals surface area (Å²) in [7, 11) is 1.86. The van der Waals surface area contributed by atoms with Gasteiger partial charge in [-0.15, -0.1) is 0 Å². The first kappa shape index (κ1) is 18.3. The zero-order valence-corrected chi connectivity index (χ0v) is 16.5. The summed E-state index contributed by atoms with van der Waals surface area (Å²) >= 11 is 1.32. The van der Waals surface area contributed by atoms with Crippen molar-refractivity contribution in [1.29, 1.82) is 0 Å². The lowest BCUT2D eigenvalue weighted by Gasteiger charge is -2.17. The molecule has 0 unspecified atom stereocenters. The molecule has 1 amide bonds. The SMILES string of the molecule is Cn1cc(-c2ccc3nc(NC(=O)c4ccc(C(C)(C)O)cc4)sc3n2)cn1. The fraction of sp³-hybridized carbons (Fsp3) is 0.200. The maximum Gasteiger partial charge on any atom is 0.257 e. The summed E-state index contributed by atoms with van der Waals surface area (Å²) in [6, 6.07) is 10.6. The fourth-order valence-corrected chi connectivity index (χ4v) is 3.62. The van der Waals surface area contributed by atoms with Gasteiger partial charge in [0.15, 0.2) is 5.13 Å². The molecule has 7 nitrogen and oxygen atoms in total. The van der Waals surface area contributed by atoms with Gasteiger partial charge in [0.1, 0.15) is 10.3 Å². The number of aliphatic hydroxyl groups is 1. The molecule has 0 fully saturated rings. The predicted molar refractivity (Wildman–Crippen MR) is 109 cm³/mol. The lowest BCUT2D eigenvalue weighted by Crippen LogP contribution is -2.16. The van der Waals surface area contributed by atoms with Crippen LogP contribution in [0.2, 0.25) is 0 Å². The van der Waals surface area contributed by atoms with Gasteiger partial charge < -0.3 is 5.11 Å². The number of pyridine rings is 1. The summed E-state index contributed by atoms with van der Waals surface area (Å²) in [5.74, 6) is -0.256. The normalized spacial score (nSPS) is 11.7. The van der Waals surface area contributed by atoms with Crippen molar-refractivity contribution >= 4 is 32.7 Å². The van der Waals surface area contributed by atoms with Crippen LogP contribution in [0.25, 0.3) is 21.6 Å². The van der Waals surface area contributed by atoms with E-state index in [2.05, 4.69) is 20.4 Å². The largest absolute Gasteiger partial charge is 0.386 e. The topological polar surface area (TPSA) is 92.9 Å². The Morgan fingerprint density at radius 3 is 2.54 bits per heavy atom. The molecule has 4 aromatic rings. The third kappa shape index (κ3) is 3.64. The number of nitrogens with zero attached hydrogens (tertiary/aromatic N) is 4. The minimum Gasteiger partial charge on any atom is -0.386 e. The van der Waals surface area contributed by atoms with Crippen molar-refractivity contribution in [2.75, 3.05) is 5.32 Å². The summed E-state index contributed by atoms with van der Waals surface area (Å²) in [5, 5.41) is 17.5. The molecule has 3 aromatic heterocycles. The number of hydrogen-bond acceptors (Lipinski definition) is 6. The Balaban J connectivity index is 1.55. The van der Waals surface area contributed by atoms with Gasteiger partial charge in [-0.05, 0) is 43.7 Å². The summed E-state index contributed by atoms with van der Waals surface area (Å²) in [6.45, 7) is 3.41. The first-order valence-electron chi connectivity index (χ1n) is 8.70. The second-order valence-electron chi connectivity index (χ2n) is 7.03. The highest BCUT2D eigenvalue weighted by atomic mass is 32.1. The van der Waals surface area contributed by atoms with Crippen LogP contribution in [0.15, 0.2) is 48.8 Å². The van der Waals surface area contributed by atoms with Crippen molar-refractivity contribution in [3.63, 3.8) is 0 Å². The average molecular weight is 393 g/mol. The van der Waals surface area contributed by atoms with Crippen LogP contribution >= 0.6 is 11.3 Å². The molecule has 142 valence electrons. The number of amides is 1. The van der Waals surface area contributed by atoms with Crippen molar-refractivity contribution in [3.8, 4) is 11.3 Å². The maximum atomic E-state index is 12.5. The van der Waals surface area contributed by atoms with Gasteiger partial charge in [0.2, 0.25) is 0 Å². The number of rotatable bonds is 4. The summed E-state index contributed by atoms with van der Waals surface area (Å²) < 4.78 is 1.72. The number of hydrogen-bond donors (Lipinski definition) is 2. The highest BCUT2D eigenvalue weighted by Gasteiger charge is 2.17. The number of aryl methyl sites for hydroxylation is 1. The molecule has 1 aromatic carbocycles. The van der Waals surface area contributed by atoms with E-state index in [0.29, 0.717) is 10.7 Å². The van der Waals surface area contributed by atoms with Gasteiger partial charge in [0, 0.05) is 24.4 Å². The Bertz CT molecular complexity index is 1160. The Morgan fingerprint density at radius 1 is 1.14 bits per heavy atom. The third-order valence-electron chi connectivity index (χ3n) is 4.33. The molecule has 0 aliphatic rings. The second kappa shape index (κ2) is 6.81. The Hall–Kier alpha value is -3.10. The number of nitrogens with one attached hydrogen (secondary N) is 1. The zero-order chi connectivity index (χ0) is 19.9. The van der Waals surface area contributed by atoms with Crippen LogP contribution < -0.4 is 5.32 Å². The van der Waals surface area contributed by atoms with Gasteiger partial charge >= 0.3 is 0 Å². The van der Waals surface area contributed by atoms with Crippen molar-refractivity contribution in [2.45, 2.75) is 19.4 Å². The van der Waals surface area contributed by atoms with E-state index in [1.807, 2.05) is 25.4 Å². The van der Waals surface area contributed by atoms with Crippen molar-refractivity contribution < 1.29 is 9.90 Å². The molecule has 4 rings (SSSR count). The molecule has 3 heterocycles. The van der Waals surface area contributed by atoms with Crippen LogP contribution in [0, 0.1) is 0 Å². The molecule has 0 bridgehead atoms. The Kier molecular flexibility index (Phi) is 4.44. The lowest BCUT2D eigenvalue weighted by molar-refractivity contribution is 0.0785. The lowest BCUT2D eigenvalue weighted by atomic mass is 9.97. The molecule has 0 atom stereocenters. The van der Waals surface area contributed by atoms with Crippen molar-refractivity contribution in [1.82, 2.24) is 19.7 Å². The second-order valence-corrected chi connectivity index (χ2v) is 8.01. The zero-order valence-electron chi connectivity index (χ0n) is 15.7. The van der Waals surface area contributed by atoms with Crippen LogP contribution in [0.4, 0.5) is 5.13 Å². The van der Waals surface area contributed by atoms with Crippen LogP contribution in [-0.4, -0.2) is 30.8 Å². The van der Waals surface area contributed by atoms with Crippen LogP contribution in [0.5, 0.6) is 0 Å². The van der Waals surface area contributed by atoms with Crippen LogP contribution in [-0.2, 0) is 12.6 Å². The van der Waals surface area contributed by atoms with E-state index >= 15 is 0 Å². The van der Waals surface area contributed by atoms with E-state index in [4.69, 9.17) is 0 Å². The molecule has 0 saturated heterocycles. The number of carbonyl (C=O) groups is 1. The number of thiazole rings is 1. The molecule has 28 heavy (non-hydrogen) atoms. The number of aromatic nitrogens is 4. The average Bonchev–Trinajstić information content (AvgIpc) is 3.26. The quantitative estimate of drug-likeness (QED) is 0.553. The minimum absolute atomic E-state index is 0.256. The highest BCUT2D eigenvalue weighted by molar-refractivity contribution is 7.22. The van der Waals surface area contributed by atoms with Crippen LogP contribution in [0.1, 0.15) is 29.8 Å². The van der Waals surface area contributed by atoms with E-state index in [-0.39, 0.29) is 5.91 Å². The molecule has 2 N–H and O–H groups in total. The minimum atomic E-state index is -0.945. The summed E-state index contributed by atoms with van der Waals surface area (Å²) in [4.78, 5) is 22.3. The molecule has 8 heteroatoms. The maximum absolute atomic E-state index is 12.5. The molecule has 0 aliphatic carbocycles. The first-order valence-corrected chi connectivity index (χ1v) is 9.52. The van der Waals surface area contributed by atoms with Gasteiger partial charge in [0.05, 0.1) is 17.5 Å². The number of benzene rings is 1. The summed E-state index contributed by atoms with van der Waals surface area (Å²) in [6.07, 6.45) is 3.66. The molecular formula is C20H19N5O2S. The fourth-order valence-electron chi connectivity index (χ4n) is 2.78. The van der Waals surface area contributed by atoms with Crippen molar-refractivity contribution in [3.05, 3.63) is 59.9 Å². The molecular weight excluding hydrogens is 374 g/mol. The standard InChI is InChI=1S/C20H19N5O2S/c1-20(2,27)14-6-4-12(5-7-14)17(26)24-19-23-16-9-8-15(22-18(16)28-19)13-10-21-25(3)11-13/h4-11,27H,1-3H3,(H,23,24,26). The van der Waals surface area contributed by atoms with E-state index in [0.717, 1.165) is 27.2 Å². The van der Waals surface area contributed by atoms with Gasteiger partial charge in [-0.1, -0.05) is 23.5 Å². The third-order valence-corrected chi connectivity index (χ3v) is 5.21. The van der Waals surface area contributed by atoms with E-state index < -0.39 is 5.60 Å². The Labute approximate surface area is 165 Å². The number of anilines is 1. The van der Waals surface area contributed by atoms with Crippen molar-refractivity contribution in [2.24, 2.45) is 7.05 Å². The molecule has 0 saturated carbocycles. The predicted octanol–water partition coefficient (Wildman–Crippen LogP) is 3.57. The first-order chi connectivity index (χ1) is 13.3. The van der Waals surface area contributed by atoms with Gasteiger partial charge in [0.25, 0.3) is 5.91 Å². The van der Waals surface area contributed by atoms with E-state index in [1.165, 1.54) is 11.3 Å². The van der Waals surface area contributed by atoms with E-state index in [1.54, 1.807) is 49.0 Å². The molecule has 0 spiro atoms. The van der Waals surface area contributed by atoms with Gasteiger partial charge in [-0.25, -0.2) is 9.97 Å². The Morgan fingerprint density at radius 2 is 1.89 bits per heavy atom. The van der Waals surface area contributed by atoms with Gasteiger partial charge in [-0.2, -0.15) is 5.10 Å². The molecule has 0 radical (unpaired) electrons. The van der Waals surface area contributed by atoms with E-state index in [9.17, 15) is 9.90 Å². The number of fused-ring (bicyclic) bond motifs is 1. The molecule has 0 aliphatic heterocycles. The monoisotopic (exact) mass is 393 g/mol. The van der Waals surface area contributed by atoms with Gasteiger partial charge in [-0.3, -0.25) is 14.8 Å². The van der Waals surface area contributed by atoms with Crippen LogP contribution in [0.3, 0.4) is 0 Å². The highest BCUT2D eigenvalue weighted by Crippen LogP contribution is 2.28. The summed E-state index contributed by atoms with van der Waals surface area (Å²) in [5.41, 5.74) is 2.76.